The normalized spacial score (nSPS) is 10.7. The van der Waals surface area contributed by atoms with E-state index in [-0.39, 0.29) is 19.5 Å². The Morgan fingerprint density at radius 2 is 0.333 bits per heavy atom. The van der Waals surface area contributed by atoms with Crippen molar-refractivity contribution in [3.63, 3.8) is 0 Å². The van der Waals surface area contributed by atoms with E-state index in [0.717, 1.165) is 0 Å². The van der Waals surface area contributed by atoms with Gasteiger partial charge in [-0.1, -0.05) is 0 Å². The Kier molecular flexibility index (Phi) is 12.8. The molecule has 0 aliphatic heterocycles. The summed E-state index contributed by atoms with van der Waals surface area (Å²) in [5, 5.41) is 0. The molecule has 6 aromatic carbocycles. The minimum absolute atomic E-state index is 0. The number of rotatable bonds is 6. The SMILES string of the molecule is Cc1cc[c]([Ge]([c]2ccc(C)cc2)[c]2ccc(C)cc2)cc1.Cc1cc[c]([Ge]([c]2ccc(C)cc2)[c]2ccc(C)cc2)cc1.[Zn]. The molecule has 0 fully saturated rings. The average Bonchev–Trinajstić information content (AvgIpc) is 3.03. The summed E-state index contributed by atoms with van der Waals surface area (Å²) in [5.74, 6) is 0. The Bertz CT molecular complexity index is 1400. The first kappa shape index (κ1) is 34.9. The third kappa shape index (κ3) is 9.52. The summed E-state index contributed by atoms with van der Waals surface area (Å²) in [6.07, 6.45) is 0. The van der Waals surface area contributed by atoms with Gasteiger partial charge in [0.2, 0.25) is 0 Å². The molecule has 45 heavy (non-hydrogen) atoms. The van der Waals surface area contributed by atoms with Gasteiger partial charge in [0, 0.05) is 19.5 Å². The minimum atomic E-state index is -1.70. The van der Waals surface area contributed by atoms with E-state index in [1.165, 1.54) is 59.8 Å². The Hall–Kier alpha value is -2.97. The van der Waals surface area contributed by atoms with Crippen molar-refractivity contribution in [1.82, 2.24) is 0 Å². The molecular weight excluding hydrogens is 715 g/mol. The molecule has 2 radical (unpaired) electrons. The van der Waals surface area contributed by atoms with Crippen molar-refractivity contribution >= 4 is 55.1 Å². The predicted octanol–water partition coefficient (Wildman–Crippen LogP) is 6.25. The van der Waals surface area contributed by atoms with Gasteiger partial charge in [0.15, 0.2) is 0 Å². The molecule has 0 N–H and O–H groups in total. The summed E-state index contributed by atoms with van der Waals surface area (Å²) in [6.45, 7) is 12.9. The molecule has 6 aromatic rings. The summed E-state index contributed by atoms with van der Waals surface area (Å²) in [7, 11) is 0. The first-order chi connectivity index (χ1) is 21.3. The van der Waals surface area contributed by atoms with E-state index in [0.29, 0.717) is 0 Å². The van der Waals surface area contributed by atoms with E-state index in [1.807, 2.05) is 0 Å². The number of aryl methyl sites for hydroxylation is 6. The van der Waals surface area contributed by atoms with Crippen LogP contribution < -0.4 is 26.4 Å². The predicted molar refractivity (Wildman–Crippen MR) is 196 cm³/mol. The fourth-order valence-corrected chi connectivity index (χ4v) is 15.8. The van der Waals surface area contributed by atoms with Crippen molar-refractivity contribution in [1.29, 1.82) is 0 Å². The zero-order valence-corrected chi connectivity index (χ0v) is 34.7. The molecular formula is C42H42Ge2Zn. The molecule has 0 nitrogen and oxygen atoms in total. The van der Waals surface area contributed by atoms with Gasteiger partial charge in [-0.3, -0.25) is 0 Å². The molecule has 0 aliphatic rings. The molecule has 0 atom stereocenters. The summed E-state index contributed by atoms with van der Waals surface area (Å²) in [5.41, 5.74) is 7.97. The van der Waals surface area contributed by atoms with E-state index in [4.69, 9.17) is 0 Å². The number of benzene rings is 6. The van der Waals surface area contributed by atoms with Crippen LogP contribution in [0.4, 0.5) is 0 Å². The van der Waals surface area contributed by atoms with Gasteiger partial charge in [-0.25, -0.2) is 0 Å². The number of hydrogen-bond acceptors (Lipinski definition) is 0. The van der Waals surface area contributed by atoms with Crippen molar-refractivity contribution in [3.05, 3.63) is 179 Å². The van der Waals surface area contributed by atoms with E-state index in [9.17, 15) is 0 Å². The molecule has 0 unspecified atom stereocenters. The average molecular weight is 757 g/mol. The Labute approximate surface area is 292 Å². The van der Waals surface area contributed by atoms with Gasteiger partial charge in [0.25, 0.3) is 0 Å². The quantitative estimate of drug-likeness (QED) is 0.177. The van der Waals surface area contributed by atoms with Crippen molar-refractivity contribution in [2.24, 2.45) is 0 Å². The van der Waals surface area contributed by atoms with Crippen LogP contribution in [0.2, 0.25) is 0 Å². The van der Waals surface area contributed by atoms with Gasteiger partial charge < -0.3 is 0 Å². The zero-order chi connectivity index (χ0) is 31.1. The number of hydrogen-bond donors (Lipinski definition) is 0. The maximum Gasteiger partial charge on any atom is 0 e. The first-order valence-electron chi connectivity index (χ1n) is 15.4. The minimum Gasteiger partial charge on any atom is 0 e. The van der Waals surface area contributed by atoms with Gasteiger partial charge in [-0.2, -0.15) is 0 Å². The van der Waals surface area contributed by atoms with Gasteiger partial charge in [-0.05, 0) is 0 Å². The summed E-state index contributed by atoms with van der Waals surface area (Å²) in [6, 6.07) is 54.8. The Morgan fingerprint density at radius 3 is 0.444 bits per heavy atom. The largest absolute Gasteiger partial charge is 0 e. The monoisotopic (exact) mass is 758 g/mol. The maximum atomic E-state index is 2.32. The molecule has 6 rings (SSSR count). The molecule has 3 heteroatoms. The van der Waals surface area contributed by atoms with Crippen LogP contribution >= 0.6 is 0 Å². The van der Waals surface area contributed by atoms with E-state index in [1.54, 1.807) is 0 Å². The van der Waals surface area contributed by atoms with E-state index >= 15 is 0 Å². The molecule has 0 saturated heterocycles. The molecule has 0 aromatic heterocycles. The van der Waals surface area contributed by atoms with E-state index < -0.39 is 28.7 Å². The fraction of sp³-hybridized carbons (Fsp3) is 0.143. The second-order valence-electron chi connectivity index (χ2n) is 11.9. The van der Waals surface area contributed by atoms with Crippen molar-refractivity contribution in [3.8, 4) is 0 Å². The van der Waals surface area contributed by atoms with Gasteiger partial charge in [-0.15, -0.1) is 0 Å². The second kappa shape index (κ2) is 16.5. The standard InChI is InChI=1S/2C21H21Ge.Zn/c2*1-16-4-10-19(11-5-16)22(20-12-6-17(2)7-13-20)21-14-8-18(3)9-15-21;/h2*4-15H,1-3H3;. The topological polar surface area (TPSA) is 0 Å². The zero-order valence-electron chi connectivity index (χ0n) is 27.6. The van der Waals surface area contributed by atoms with Gasteiger partial charge in [0.1, 0.15) is 0 Å². The third-order valence-corrected chi connectivity index (χ3v) is 19.5. The Balaban J connectivity index is 0.000000200. The van der Waals surface area contributed by atoms with Crippen LogP contribution in [0.15, 0.2) is 146 Å². The van der Waals surface area contributed by atoms with Crippen LogP contribution in [0.1, 0.15) is 33.4 Å². The molecule has 220 valence electrons. The van der Waals surface area contributed by atoms with Crippen LogP contribution in [-0.2, 0) is 19.5 Å². The maximum absolute atomic E-state index is 2.32. The van der Waals surface area contributed by atoms with Crippen LogP contribution in [0.3, 0.4) is 0 Å². The van der Waals surface area contributed by atoms with E-state index in [2.05, 4.69) is 187 Å². The van der Waals surface area contributed by atoms with Crippen molar-refractivity contribution in [2.75, 3.05) is 0 Å². The summed E-state index contributed by atoms with van der Waals surface area (Å²) < 4.78 is 9.07. The fourth-order valence-electron chi connectivity index (χ4n) is 5.32. The smallest absolute Gasteiger partial charge is 0 e. The van der Waals surface area contributed by atoms with Crippen LogP contribution in [0.5, 0.6) is 0 Å². The van der Waals surface area contributed by atoms with Gasteiger partial charge in [0.05, 0.1) is 0 Å². The van der Waals surface area contributed by atoms with Crippen LogP contribution in [-0.4, -0.2) is 28.7 Å². The molecule has 0 amide bonds. The molecule has 0 bridgehead atoms. The molecule has 0 aliphatic carbocycles. The first-order valence-corrected chi connectivity index (χ1v) is 21.7. The van der Waals surface area contributed by atoms with Crippen LogP contribution in [0, 0.1) is 41.5 Å². The summed E-state index contributed by atoms with van der Waals surface area (Å²) in [4.78, 5) is 0. The van der Waals surface area contributed by atoms with Crippen LogP contribution in [0.25, 0.3) is 0 Å². The second-order valence-corrected chi connectivity index (χ2v) is 22.4. The Morgan fingerprint density at radius 1 is 0.222 bits per heavy atom. The molecule has 0 spiro atoms. The molecule has 0 saturated carbocycles. The third-order valence-electron chi connectivity index (χ3n) is 8.04. The molecule has 0 heterocycles. The van der Waals surface area contributed by atoms with Crippen molar-refractivity contribution in [2.45, 2.75) is 41.5 Å². The van der Waals surface area contributed by atoms with Gasteiger partial charge >= 0.3 is 276 Å². The van der Waals surface area contributed by atoms with Crippen molar-refractivity contribution < 1.29 is 19.5 Å². The summed E-state index contributed by atoms with van der Waals surface area (Å²) >= 11 is -3.41.